The quantitative estimate of drug-likeness (QED) is 0.660. The van der Waals surface area contributed by atoms with Crippen molar-refractivity contribution in [1.82, 2.24) is 0 Å². The lowest BCUT2D eigenvalue weighted by molar-refractivity contribution is 0.590. The molecule has 0 aromatic heterocycles. The Bertz CT molecular complexity index is 385. The Morgan fingerprint density at radius 2 is 1.84 bits per heavy atom. The summed E-state index contributed by atoms with van der Waals surface area (Å²) in [5.74, 6) is 2.94. The molecule has 2 rings (SSSR count). The molecule has 0 spiro atoms. The van der Waals surface area contributed by atoms with E-state index in [4.69, 9.17) is 0 Å². The lowest BCUT2D eigenvalue weighted by Gasteiger charge is -2.20. The third-order valence-corrected chi connectivity index (χ3v) is 7.12. The van der Waals surface area contributed by atoms with Gasteiger partial charge in [0, 0.05) is 12.0 Å². The van der Waals surface area contributed by atoms with Crippen molar-refractivity contribution in [3.8, 4) is 0 Å². The topological polar surface area (TPSA) is 0 Å². The summed E-state index contributed by atoms with van der Waals surface area (Å²) in [6.07, 6.45) is 5.62. The molecular formula is C18H29S+. The van der Waals surface area contributed by atoms with E-state index in [0.717, 1.165) is 5.25 Å². The van der Waals surface area contributed by atoms with Crippen molar-refractivity contribution in [2.24, 2.45) is 0 Å². The predicted octanol–water partition coefficient (Wildman–Crippen LogP) is 5.24. The fourth-order valence-corrected chi connectivity index (χ4v) is 5.91. The van der Waals surface area contributed by atoms with Crippen molar-refractivity contribution in [2.75, 3.05) is 11.5 Å². The van der Waals surface area contributed by atoms with Gasteiger partial charge in [0.1, 0.15) is 16.8 Å². The number of rotatable bonds is 4. The van der Waals surface area contributed by atoms with Gasteiger partial charge in [-0.3, -0.25) is 0 Å². The van der Waals surface area contributed by atoms with E-state index in [-0.39, 0.29) is 5.41 Å². The Kier molecular flexibility index (Phi) is 5.00. The van der Waals surface area contributed by atoms with Crippen LogP contribution < -0.4 is 0 Å². The van der Waals surface area contributed by atoms with Gasteiger partial charge in [-0.1, -0.05) is 58.4 Å². The molecule has 0 radical (unpaired) electrons. The maximum atomic E-state index is 2.41. The standard InChI is InChI=1S/C18H29S/c1-5-6-13-19-14-7-8-17(19)15-9-11-16(12-10-15)18(2,3)4/h9-12,17H,5-8,13-14H2,1-4H3/q+1. The van der Waals surface area contributed by atoms with E-state index < -0.39 is 0 Å². The lowest BCUT2D eigenvalue weighted by atomic mass is 9.86. The SMILES string of the molecule is CCCC[S+]1CCCC1c1ccc(C(C)(C)C)cc1. The smallest absolute Gasteiger partial charge is 0.0652 e. The van der Waals surface area contributed by atoms with Gasteiger partial charge in [0.2, 0.25) is 0 Å². The molecule has 2 unspecified atom stereocenters. The summed E-state index contributed by atoms with van der Waals surface area (Å²) >= 11 is 0. The number of hydrogen-bond acceptors (Lipinski definition) is 0. The summed E-state index contributed by atoms with van der Waals surface area (Å²) in [6, 6.07) is 9.52. The maximum absolute atomic E-state index is 2.41. The number of unbranched alkanes of at least 4 members (excludes halogenated alkanes) is 1. The minimum Gasteiger partial charge on any atom is -0.0652 e. The Morgan fingerprint density at radius 1 is 1.16 bits per heavy atom. The van der Waals surface area contributed by atoms with Crippen LogP contribution in [0.25, 0.3) is 0 Å². The van der Waals surface area contributed by atoms with Gasteiger partial charge < -0.3 is 0 Å². The first-order valence-corrected chi connectivity index (χ1v) is 9.41. The summed E-state index contributed by atoms with van der Waals surface area (Å²) in [7, 11) is 0.656. The van der Waals surface area contributed by atoms with E-state index in [0.29, 0.717) is 10.9 Å². The van der Waals surface area contributed by atoms with Crippen LogP contribution in [0, 0.1) is 0 Å². The van der Waals surface area contributed by atoms with Gasteiger partial charge in [-0.05, 0) is 34.7 Å². The van der Waals surface area contributed by atoms with Gasteiger partial charge >= 0.3 is 0 Å². The zero-order valence-corrected chi connectivity index (χ0v) is 13.9. The normalized spacial score (nSPS) is 23.8. The lowest BCUT2D eigenvalue weighted by Crippen LogP contribution is -2.15. The second kappa shape index (κ2) is 6.35. The van der Waals surface area contributed by atoms with Crippen LogP contribution in [-0.2, 0) is 16.3 Å². The molecule has 1 fully saturated rings. The summed E-state index contributed by atoms with van der Waals surface area (Å²) in [6.45, 7) is 9.20. The van der Waals surface area contributed by atoms with Crippen LogP contribution in [0.4, 0.5) is 0 Å². The molecule has 1 aromatic rings. The molecule has 0 amide bonds. The Balaban J connectivity index is 2.08. The van der Waals surface area contributed by atoms with Gasteiger partial charge in [-0.15, -0.1) is 0 Å². The summed E-state index contributed by atoms with van der Waals surface area (Å²) < 4.78 is 0. The second-order valence-electron chi connectivity index (χ2n) is 6.80. The second-order valence-corrected chi connectivity index (χ2v) is 9.26. The molecule has 1 heteroatoms. The molecule has 0 aliphatic carbocycles. The van der Waals surface area contributed by atoms with Crippen LogP contribution >= 0.6 is 0 Å². The first-order valence-electron chi connectivity index (χ1n) is 7.79. The highest BCUT2D eigenvalue weighted by Gasteiger charge is 2.36. The van der Waals surface area contributed by atoms with Crippen molar-refractivity contribution in [3.05, 3.63) is 35.4 Å². The first-order chi connectivity index (χ1) is 9.02. The van der Waals surface area contributed by atoms with Crippen molar-refractivity contribution in [1.29, 1.82) is 0 Å². The van der Waals surface area contributed by atoms with E-state index in [1.807, 2.05) is 0 Å². The van der Waals surface area contributed by atoms with Crippen molar-refractivity contribution >= 4 is 10.9 Å². The molecule has 19 heavy (non-hydrogen) atoms. The number of hydrogen-bond donors (Lipinski definition) is 0. The van der Waals surface area contributed by atoms with Crippen molar-refractivity contribution in [2.45, 2.75) is 64.0 Å². The van der Waals surface area contributed by atoms with Crippen LogP contribution in [0.1, 0.15) is 69.8 Å². The molecule has 1 heterocycles. The third-order valence-electron chi connectivity index (χ3n) is 4.18. The average molecular weight is 277 g/mol. The molecule has 0 nitrogen and oxygen atoms in total. The third kappa shape index (κ3) is 3.78. The van der Waals surface area contributed by atoms with E-state index >= 15 is 0 Å². The molecule has 0 bridgehead atoms. The molecule has 1 aliphatic rings. The maximum Gasteiger partial charge on any atom is 0.143 e. The van der Waals surface area contributed by atoms with Gasteiger partial charge in [0.15, 0.2) is 0 Å². The number of benzene rings is 1. The van der Waals surface area contributed by atoms with Gasteiger partial charge in [0.05, 0.1) is 0 Å². The van der Waals surface area contributed by atoms with Crippen LogP contribution in [-0.4, -0.2) is 11.5 Å². The zero-order chi connectivity index (χ0) is 13.9. The van der Waals surface area contributed by atoms with Crippen molar-refractivity contribution in [3.63, 3.8) is 0 Å². The zero-order valence-electron chi connectivity index (χ0n) is 13.0. The molecule has 106 valence electrons. The van der Waals surface area contributed by atoms with Crippen molar-refractivity contribution < 1.29 is 0 Å². The minimum absolute atomic E-state index is 0.276. The van der Waals surface area contributed by atoms with Crippen LogP contribution in [0.5, 0.6) is 0 Å². The highest BCUT2D eigenvalue weighted by Crippen LogP contribution is 2.37. The van der Waals surface area contributed by atoms with Gasteiger partial charge in [0.25, 0.3) is 0 Å². The largest absolute Gasteiger partial charge is 0.143 e. The Hall–Kier alpha value is -0.430. The summed E-state index contributed by atoms with van der Waals surface area (Å²) in [5, 5.41) is 0.862. The minimum atomic E-state index is 0.276. The van der Waals surface area contributed by atoms with Gasteiger partial charge in [-0.25, -0.2) is 0 Å². The van der Waals surface area contributed by atoms with Crippen LogP contribution in [0.15, 0.2) is 24.3 Å². The fraction of sp³-hybridized carbons (Fsp3) is 0.667. The predicted molar refractivity (Wildman–Crippen MR) is 89.1 cm³/mol. The molecule has 0 N–H and O–H groups in total. The average Bonchev–Trinajstić information content (AvgIpc) is 2.83. The van der Waals surface area contributed by atoms with E-state index in [9.17, 15) is 0 Å². The molecule has 0 saturated carbocycles. The molecule has 1 saturated heterocycles. The summed E-state index contributed by atoms with van der Waals surface area (Å²) in [5.41, 5.74) is 3.34. The van der Waals surface area contributed by atoms with Gasteiger partial charge in [-0.2, -0.15) is 0 Å². The monoisotopic (exact) mass is 277 g/mol. The molecule has 2 atom stereocenters. The van der Waals surface area contributed by atoms with E-state index in [1.54, 1.807) is 5.56 Å². The van der Waals surface area contributed by atoms with Crippen LogP contribution in [0.2, 0.25) is 0 Å². The highest BCUT2D eigenvalue weighted by atomic mass is 32.2. The molecule has 1 aromatic carbocycles. The Labute approximate surface area is 122 Å². The van der Waals surface area contributed by atoms with Crippen LogP contribution in [0.3, 0.4) is 0 Å². The molecular weight excluding hydrogens is 248 g/mol. The summed E-state index contributed by atoms with van der Waals surface area (Å²) in [4.78, 5) is 0. The Morgan fingerprint density at radius 3 is 2.42 bits per heavy atom. The van der Waals surface area contributed by atoms with E-state index in [1.165, 1.54) is 42.8 Å². The first kappa shape index (κ1) is 15.0. The van der Waals surface area contributed by atoms with E-state index in [2.05, 4.69) is 52.0 Å². The highest BCUT2D eigenvalue weighted by molar-refractivity contribution is 7.97. The molecule has 1 aliphatic heterocycles. The fourth-order valence-electron chi connectivity index (χ4n) is 2.89.